The molecule has 1 aliphatic heterocycles. The van der Waals surface area contributed by atoms with Crippen LogP contribution in [0, 0.1) is 5.92 Å². The Kier molecular flexibility index (Phi) is 3.52. The second-order valence-electron chi connectivity index (χ2n) is 5.45. The summed E-state index contributed by atoms with van der Waals surface area (Å²) >= 11 is 0. The number of benzene rings is 1. The number of hydrogen-bond donors (Lipinski definition) is 1. The maximum Gasteiger partial charge on any atom is 0.393 e. The van der Waals surface area contributed by atoms with Crippen molar-refractivity contribution in [3.05, 3.63) is 24.1 Å². The van der Waals surface area contributed by atoms with Crippen molar-refractivity contribution < 1.29 is 17.6 Å². The third-order valence-corrected chi connectivity index (χ3v) is 3.78. The third-order valence-electron chi connectivity index (χ3n) is 3.78. The molecule has 0 spiro atoms. The minimum atomic E-state index is -4.13. The van der Waals surface area contributed by atoms with Gasteiger partial charge in [-0.05, 0) is 31.5 Å². The van der Waals surface area contributed by atoms with Crippen molar-refractivity contribution in [1.82, 2.24) is 9.88 Å². The number of halogens is 3. The van der Waals surface area contributed by atoms with Gasteiger partial charge in [0, 0.05) is 18.3 Å². The molecule has 2 heterocycles. The summed E-state index contributed by atoms with van der Waals surface area (Å²) < 4.78 is 43.9. The molecule has 3 rings (SSSR count). The topological polar surface area (TPSA) is 55.3 Å². The van der Waals surface area contributed by atoms with Gasteiger partial charge in [-0.25, -0.2) is 4.98 Å². The van der Waals surface area contributed by atoms with Gasteiger partial charge in [0.25, 0.3) is 0 Å². The summed E-state index contributed by atoms with van der Waals surface area (Å²) in [5.41, 5.74) is 7.46. The number of likely N-dealkylation sites (tertiary alicyclic amines) is 1. The number of oxazole rings is 1. The van der Waals surface area contributed by atoms with Gasteiger partial charge in [0.2, 0.25) is 5.89 Å². The van der Waals surface area contributed by atoms with Crippen LogP contribution < -0.4 is 5.73 Å². The van der Waals surface area contributed by atoms with E-state index in [1.165, 1.54) is 0 Å². The summed E-state index contributed by atoms with van der Waals surface area (Å²) in [4.78, 5) is 6.04. The average molecular weight is 299 g/mol. The van der Waals surface area contributed by atoms with Crippen LogP contribution in [-0.2, 0) is 6.54 Å². The van der Waals surface area contributed by atoms with Crippen molar-refractivity contribution in [3.8, 4) is 0 Å². The zero-order valence-electron chi connectivity index (χ0n) is 11.4. The third kappa shape index (κ3) is 3.12. The van der Waals surface area contributed by atoms with Gasteiger partial charge in [0.1, 0.15) is 5.52 Å². The molecular formula is C14H16F3N3O. The van der Waals surface area contributed by atoms with E-state index in [4.69, 9.17) is 10.2 Å². The molecular weight excluding hydrogens is 283 g/mol. The normalized spacial score (nSPS) is 21.0. The Morgan fingerprint density at radius 1 is 1.38 bits per heavy atom. The second-order valence-corrected chi connectivity index (χ2v) is 5.45. The predicted octanol–water partition coefficient (Wildman–Crippen LogP) is 3.18. The van der Waals surface area contributed by atoms with Crippen LogP contribution in [0.3, 0.4) is 0 Å². The van der Waals surface area contributed by atoms with Crippen molar-refractivity contribution in [2.75, 3.05) is 18.8 Å². The number of rotatable bonds is 2. The number of nitrogens with zero attached hydrogens (tertiary/aromatic N) is 2. The maximum absolute atomic E-state index is 12.8. The molecule has 2 aromatic rings. The molecule has 114 valence electrons. The van der Waals surface area contributed by atoms with Crippen molar-refractivity contribution in [1.29, 1.82) is 0 Å². The molecule has 2 N–H and O–H groups in total. The summed E-state index contributed by atoms with van der Waals surface area (Å²) in [7, 11) is 0. The molecule has 0 bridgehead atoms. The van der Waals surface area contributed by atoms with Crippen LogP contribution in [0.2, 0.25) is 0 Å². The lowest BCUT2D eigenvalue weighted by Gasteiger charge is -2.32. The molecule has 1 saturated heterocycles. The van der Waals surface area contributed by atoms with Gasteiger partial charge in [0.05, 0.1) is 12.5 Å². The Bertz CT molecular complexity index is 638. The maximum atomic E-state index is 12.8. The Labute approximate surface area is 119 Å². The number of aromatic nitrogens is 1. The molecule has 1 aromatic carbocycles. The molecule has 1 aliphatic rings. The molecule has 0 aliphatic carbocycles. The summed E-state index contributed by atoms with van der Waals surface area (Å²) in [5.74, 6) is -0.829. The second kappa shape index (κ2) is 5.22. The summed E-state index contributed by atoms with van der Waals surface area (Å²) in [6.07, 6.45) is -3.39. The number of nitrogens with two attached hydrogens (primary N) is 1. The predicted molar refractivity (Wildman–Crippen MR) is 72.5 cm³/mol. The van der Waals surface area contributed by atoms with Gasteiger partial charge in [-0.1, -0.05) is 0 Å². The molecule has 1 unspecified atom stereocenters. The van der Waals surface area contributed by atoms with E-state index in [0.717, 1.165) is 0 Å². The number of anilines is 1. The number of fused-ring (bicyclic) bond motifs is 1. The summed E-state index contributed by atoms with van der Waals surface area (Å²) in [6, 6.07) is 5.13. The standard InChI is InChI=1S/C14H16F3N3O/c15-14(16,17)9-2-1-5-20(7-9)8-13-19-11-4-3-10(18)6-12(11)21-13/h3-4,6,9H,1-2,5,7-8,18H2. The first-order valence-corrected chi connectivity index (χ1v) is 6.86. The fraction of sp³-hybridized carbons (Fsp3) is 0.500. The molecule has 0 radical (unpaired) electrons. The highest BCUT2D eigenvalue weighted by atomic mass is 19.4. The van der Waals surface area contributed by atoms with Crippen LogP contribution in [0.1, 0.15) is 18.7 Å². The van der Waals surface area contributed by atoms with Gasteiger partial charge >= 0.3 is 6.18 Å². The molecule has 1 fully saturated rings. The monoisotopic (exact) mass is 299 g/mol. The highest BCUT2D eigenvalue weighted by Crippen LogP contribution is 2.33. The van der Waals surface area contributed by atoms with Crippen LogP contribution in [0.4, 0.5) is 18.9 Å². The van der Waals surface area contributed by atoms with E-state index < -0.39 is 12.1 Å². The summed E-state index contributed by atoms with van der Waals surface area (Å²) in [6.45, 7) is 0.930. The van der Waals surface area contributed by atoms with Crippen LogP contribution >= 0.6 is 0 Å². The first-order chi connectivity index (χ1) is 9.91. The molecule has 7 heteroatoms. The van der Waals surface area contributed by atoms with E-state index in [9.17, 15) is 13.2 Å². The van der Waals surface area contributed by atoms with Crippen LogP contribution in [0.15, 0.2) is 22.6 Å². The smallest absolute Gasteiger partial charge is 0.393 e. The van der Waals surface area contributed by atoms with Gasteiger partial charge in [-0.15, -0.1) is 0 Å². The van der Waals surface area contributed by atoms with Gasteiger partial charge in [-0.3, -0.25) is 4.90 Å². The van der Waals surface area contributed by atoms with E-state index in [1.54, 1.807) is 23.1 Å². The number of alkyl halides is 3. The fourth-order valence-electron chi connectivity index (χ4n) is 2.71. The lowest BCUT2D eigenvalue weighted by Crippen LogP contribution is -2.41. The van der Waals surface area contributed by atoms with Crippen molar-refractivity contribution >= 4 is 16.8 Å². The Morgan fingerprint density at radius 3 is 2.95 bits per heavy atom. The lowest BCUT2D eigenvalue weighted by atomic mass is 9.97. The Hall–Kier alpha value is -1.76. The average Bonchev–Trinajstić information content (AvgIpc) is 2.79. The fourth-order valence-corrected chi connectivity index (χ4v) is 2.71. The van der Waals surface area contributed by atoms with E-state index >= 15 is 0 Å². The quantitative estimate of drug-likeness (QED) is 0.865. The lowest BCUT2D eigenvalue weighted by molar-refractivity contribution is -0.187. The van der Waals surface area contributed by atoms with E-state index in [1.807, 2.05) is 0 Å². The largest absolute Gasteiger partial charge is 0.439 e. The van der Waals surface area contributed by atoms with Gasteiger partial charge < -0.3 is 10.2 Å². The van der Waals surface area contributed by atoms with Gasteiger partial charge in [0.15, 0.2) is 5.58 Å². The molecule has 0 saturated carbocycles. The van der Waals surface area contributed by atoms with Crippen molar-refractivity contribution in [2.24, 2.45) is 5.92 Å². The zero-order chi connectivity index (χ0) is 15.0. The number of piperidine rings is 1. The first kappa shape index (κ1) is 14.2. The highest BCUT2D eigenvalue weighted by Gasteiger charge is 2.41. The van der Waals surface area contributed by atoms with Crippen molar-refractivity contribution in [3.63, 3.8) is 0 Å². The molecule has 4 nitrogen and oxygen atoms in total. The highest BCUT2D eigenvalue weighted by molar-refractivity contribution is 5.76. The minimum Gasteiger partial charge on any atom is -0.439 e. The summed E-state index contributed by atoms with van der Waals surface area (Å²) in [5, 5.41) is 0. The van der Waals surface area contributed by atoms with E-state index in [-0.39, 0.29) is 13.0 Å². The zero-order valence-corrected chi connectivity index (χ0v) is 11.4. The van der Waals surface area contributed by atoms with Crippen LogP contribution in [0.25, 0.3) is 11.1 Å². The molecule has 1 aromatic heterocycles. The van der Waals surface area contributed by atoms with E-state index in [2.05, 4.69) is 4.98 Å². The van der Waals surface area contributed by atoms with Crippen LogP contribution in [-0.4, -0.2) is 29.1 Å². The number of nitrogen functional groups attached to an aromatic ring is 1. The minimum absolute atomic E-state index is 0.00433. The van der Waals surface area contributed by atoms with Gasteiger partial charge in [-0.2, -0.15) is 13.2 Å². The SMILES string of the molecule is Nc1ccc2nc(CN3CCCC(C(F)(F)F)C3)oc2c1. The van der Waals surface area contributed by atoms with E-state index in [0.29, 0.717) is 42.2 Å². The first-order valence-electron chi connectivity index (χ1n) is 6.86. The number of hydrogen-bond acceptors (Lipinski definition) is 4. The molecule has 21 heavy (non-hydrogen) atoms. The Balaban J connectivity index is 1.72. The molecule has 1 atom stereocenters. The Morgan fingerprint density at radius 2 is 2.19 bits per heavy atom. The van der Waals surface area contributed by atoms with Crippen molar-refractivity contribution in [2.45, 2.75) is 25.6 Å². The molecule has 0 amide bonds. The van der Waals surface area contributed by atoms with Crippen LogP contribution in [0.5, 0.6) is 0 Å².